The first kappa shape index (κ1) is 37.0. The van der Waals surface area contributed by atoms with Crippen LogP contribution in [-0.4, -0.2) is 13.2 Å². The van der Waals surface area contributed by atoms with Crippen molar-refractivity contribution in [3.05, 3.63) is 0 Å². The molecule has 37 heavy (non-hydrogen) atoms. The molecular weight excluding hydrogens is 448 g/mol. The molecule has 1 heteroatoms. The first-order valence-corrected chi connectivity index (χ1v) is 17.8. The summed E-state index contributed by atoms with van der Waals surface area (Å²) in [6.07, 6.45) is 43.8. The molecule has 0 aromatic carbocycles. The molecular formula is C36H74O. The normalized spacial score (nSPS) is 11.7. The zero-order valence-corrected chi connectivity index (χ0v) is 26.6. The van der Waals surface area contributed by atoms with Crippen LogP contribution in [0.3, 0.4) is 0 Å². The fraction of sp³-hybridized carbons (Fsp3) is 1.00. The van der Waals surface area contributed by atoms with E-state index in [2.05, 4.69) is 20.8 Å². The molecule has 0 bridgehead atoms. The molecule has 0 rings (SSSR count). The third kappa shape index (κ3) is 36.0. The monoisotopic (exact) mass is 523 g/mol. The SMILES string of the molecule is CCCCCCCCCCCCCCCCCCCCCCCCCCCCCCCCOCC(C)C. The lowest BCUT2D eigenvalue weighted by atomic mass is 10.0. The average Bonchev–Trinajstić information content (AvgIpc) is 2.89. The van der Waals surface area contributed by atoms with Crippen molar-refractivity contribution in [1.82, 2.24) is 0 Å². The Morgan fingerprint density at radius 3 is 0.757 bits per heavy atom. The molecule has 0 aliphatic carbocycles. The summed E-state index contributed by atoms with van der Waals surface area (Å²) in [6.45, 7) is 8.66. The van der Waals surface area contributed by atoms with Gasteiger partial charge in [-0.3, -0.25) is 0 Å². The Balaban J connectivity index is 3.01. The lowest BCUT2D eigenvalue weighted by Crippen LogP contribution is -2.02. The molecule has 224 valence electrons. The van der Waals surface area contributed by atoms with E-state index in [0.29, 0.717) is 5.92 Å². The van der Waals surface area contributed by atoms with Crippen LogP contribution in [0.1, 0.15) is 213 Å². The van der Waals surface area contributed by atoms with Gasteiger partial charge in [-0.05, 0) is 12.3 Å². The van der Waals surface area contributed by atoms with Gasteiger partial charge in [0.1, 0.15) is 0 Å². The zero-order valence-electron chi connectivity index (χ0n) is 26.6. The number of unbranched alkanes of at least 4 members (excludes halogenated alkanes) is 29. The molecule has 0 radical (unpaired) electrons. The summed E-state index contributed by atoms with van der Waals surface area (Å²) in [7, 11) is 0. The Labute approximate surface area is 237 Å². The summed E-state index contributed by atoms with van der Waals surface area (Å²) in [5, 5.41) is 0. The molecule has 0 amide bonds. The maximum absolute atomic E-state index is 5.66. The second-order valence-electron chi connectivity index (χ2n) is 12.7. The lowest BCUT2D eigenvalue weighted by Gasteiger charge is -2.06. The summed E-state index contributed by atoms with van der Waals surface area (Å²) in [6, 6.07) is 0. The van der Waals surface area contributed by atoms with Gasteiger partial charge in [-0.1, -0.05) is 207 Å². The molecule has 0 saturated heterocycles. The van der Waals surface area contributed by atoms with Crippen molar-refractivity contribution in [3.63, 3.8) is 0 Å². The summed E-state index contributed by atoms with van der Waals surface area (Å²) in [4.78, 5) is 0. The summed E-state index contributed by atoms with van der Waals surface area (Å²) in [5.41, 5.74) is 0. The van der Waals surface area contributed by atoms with Crippen molar-refractivity contribution in [2.75, 3.05) is 13.2 Å². The van der Waals surface area contributed by atoms with E-state index in [1.165, 1.54) is 193 Å². The third-order valence-electron chi connectivity index (χ3n) is 8.09. The van der Waals surface area contributed by atoms with Gasteiger partial charge in [0.2, 0.25) is 0 Å². The van der Waals surface area contributed by atoms with Crippen molar-refractivity contribution in [2.24, 2.45) is 5.92 Å². The van der Waals surface area contributed by atoms with E-state index in [1.807, 2.05) is 0 Å². The number of hydrogen-bond donors (Lipinski definition) is 0. The van der Waals surface area contributed by atoms with E-state index in [4.69, 9.17) is 4.74 Å². The largest absolute Gasteiger partial charge is 0.381 e. The van der Waals surface area contributed by atoms with Crippen LogP contribution in [0.25, 0.3) is 0 Å². The minimum Gasteiger partial charge on any atom is -0.381 e. The number of hydrogen-bond acceptors (Lipinski definition) is 1. The van der Waals surface area contributed by atoms with Gasteiger partial charge < -0.3 is 4.74 Å². The molecule has 0 N–H and O–H groups in total. The highest BCUT2D eigenvalue weighted by atomic mass is 16.5. The fourth-order valence-corrected chi connectivity index (χ4v) is 5.55. The van der Waals surface area contributed by atoms with Crippen molar-refractivity contribution in [3.8, 4) is 0 Å². The molecule has 0 unspecified atom stereocenters. The highest BCUT2D eigenvalue weighted by Crippen LogP contribution is 2.16. The predicted octanol–water partition coefficient (Wildman–Crippen LogP) is 13.4. The predicted molar refractivity (Wildman–Crippen MR) is 170 cm³/mol. The van der Waals surface area contributed by atoms with Crippen LogP contribution in [0.4, 0.5) is 0 Å². The smallest absolute Gasteiger partial charge is 0.0488 e. The summed E-state index contributed by atoms with van der Waals surface area (Å²) >= 11 is 0. The lowest BCUT2D eigenvalue weighted by molar-refractivity contribution is 0.106. The third-order valence-corrected chi connectivity index (χ3v) is 8.09. The van der Waals surface area contributed by atoms with E-state index >= 15 is 0 Å². The van der Waals surface area contributed by atoms with Gasteiger partial charge in [-0.2, -0.15) is 0 Å². The van der Waals surface area contributed by atoms with E-state index in [1.54, 1.807) is 0 Å². The van der Waals surface area contributed by atoms with Gasteiger partial charge in [0.25, 0.3) is 0 Å². The van der Waals surface area contributed by atoms with Gasteiger partial charge in [0.15, 0.2) is 0 Å². The molecule has 0 aromatic heterocycles. The van der Waals surface area contributed by atoms with Gasteiger partial charge in [0, 0.05) is 13.2 Å². The first-order chi connectivity index (χ1) is 18.3. The summed E-state index contributed by atoms with van der Waals surface area (Å²) < 4.78 is 5.66. The van der Waals surface area contributed by atoms with E-state index in [-0.39, 0.29) is 0 Å². The Morgan fingerprint density at radius 2 is 0.541 bits per heavy atom. The highest BCUT2D eigenvalue weighted by molar-refractivity contribution is 4.52. The number of ether oxygens (including phenoxy) is 1. The number of rotatable bonds is 33. The van der Waals surface area contributed by atoms with Crippen LogP contribution < -0.4 is 0 Å². The van der Waals surface area contributed by atoms with E-state index in [0.717, 1.165) is 13.2 Å². The minimum absolute atomic E-state index is 0.675. The van der Waals surface area contributed by atoms with Gasteiger partial charge in [0.05, 0.1) is 0 Å². The Kier molecular flexibility index (Phi) is 34.0. The van der Waals surface area contributed by atoms with Crippen molar-refractivity contribution in [1.29, 1.82) is 0 Å². The maximum Gasteiger partial charge on any atom is 0.0488 e. The molecule has 0 heterocycles. The summed E-state index contributed by atoms with van der Waals surface area (Å²) in [5.74, 6) is 0.675. The molecule has 0 aliphatic heterocycles. The minimum atomic E-state index is 0.675. The average molecular weight is 523 g/mol. The van der Waals surface area contributed by atoms with Crippen LogP contribution in [0.15, 0.2) is 0 Å². The van der Waals surface area contributed by atoms with Crippen LogP contribution >= 0.6 is 0 Å². The molecule has 1 nitrogen and oxygen atoms in total. The molecule has 0 aliphatic rings. The Bertz CT molecular complexity index is 377. The Morgan fingerprint density at radius 1 is 0.324 bits per heavy atom. The second kappa shape index (κ2) is 34.0. The van der Waals surface area contributed by atoms with E-state index < -0.39 is 0 Å². The molecule has 0 fully saturated rings. The van der Waals surface area contributed by atoms with Crippen LogP contribution in [0, 0.1) is 5.92 Å². The van der Waals surface area contributed by atoms with Crippen molar-refractivity contribution >= 4 is 0 Å². The second-order valence-corrected chi connectivity index (χ2v) is 12.7. The van der Waals surface area contributed by atoms with Crippen molar-refractivity contribution < 1.29 is 4.74 Å². The van der Waals surface area contributed by atoms with Crippen LogP contribution in [0.5, 0.6) is 0 Å². The highest BCUT2D eigenvalue weighted by Gasteiger charge is 1.97. The molecule has 0 spiro atoms. The van der Waals surface area contributed by atoms with Gasteiger partial charge in [-0.15, -0.1) is 0 Å². The molecule has 0 atom stereocenters. The first-order valence-electron chi connectivity index (χ1n) is 17.8. The standard InChI is InChI=1S/C36H74O/c1-4-5-6-7-8-9-10-11-12-13-14-15-16-17-18-19-20-21-22-23-24-25-26-27-28-29-30-31-32-33-34-37-35-36(2)3/h36H,4-35H2,1-3H3. The van der Waals surface area contributed by atoms with Crippen LogP contribution in [0.2, 0.25) is 0 Å². The topological polar surface area (TPSA) is 9.23 Å². The maximum atomic E-state index is 5.66. The Hall–Kier alpha value is -0.0400. The quantitative estimate of drug-likeness (QED) is 0.0778. The molecule has 0 saturated carbocycles. The van der Waals surface area contributed by atoms with Crippen LogP contribution in [-0.2, 0) is 4.74 Å². The van der Waals surface area contributed by atoms with Crippen molar-refractivity contribution in [2.45, 2.75) is 213 Å². The zero-order chi connectivity index (χ0) is 26.9. The molecule has 0 aromatic rings. The fourth-order valence-electron chi connectivity index (χ4n) is 5.55. The van der Waals surface area contributed by atoms with E-state index in [9.17, 15) is 0 Å². The van der Waals surface area contributed by atoms with Gasteiger partial charge in [-0.25, -0.2) is 0 Å². The van der Waals surface area contributed by atoms with Gasteiger partial charge >= 0.3 is 0 Å².